The van der Waals surface area contributed by atoms with Crippen LogP contribution in [0.15, 0.2) is 41.2 Å². The third kappa shape index (κ3) is 5.95. The Labute approximate surface area is 181 Å². The number of hydrogen-bond donors (Lipinski definition) is 1. The summed E-state index contributed by atoms with van der Waals surface area (Å²) in [6.45, 7) is 4.59. The quantitative estimate of drug-likeness (QED) is 0.746. The van der Waals surface area contributed by atoms with Crippen molar-refractivity contribution in [2.75, 3.05) is 44.3 Å². The Balaban J connectivity index is 0.000000339. The van der Waals surface area contributed by atoms with Gasteiger partial charge in [0.15, 0.2) is 0 Å². The molecule has 0 saturated carbocycles. The van der Waals surface area contributed by atoms with Crippen molar-refractivity contribution in [3.63, 3.8) is 0 Å². The van der Waals surface area contributed by atoms with Gasteiger partial charge in [0.25, 0.3) is 5.91 Å². The highest BCUT2D eigenvalue weighted by Gasteiger charge is 2.42. The minimum absolute atomic E-state index is 0.000295. The van der Waals surface area contributed by atoms with Gasteiger partial charge in [-0.2, -0.15) is 24.5 Å². The number of pyridine rings is 1. The Hall–Kier alpha value is -2.66. The zero-order valence-corrected chi connectivity index (χ0v) is 17.4. The first-order valence-corrected chi connectivity index (χ1v) is 10.5. The number of carboxylic acids is 1. The first-order valence-electron chi connectivity index (χ1n) is 9.56. The van der Waals surface area contributed by atoms with Gasteiger partial charge in [0.2, 0.25) is 0 Å². The number of alkyl halides is 3. The number of amides is 1. The molecular weight excluding hydrogens is 435 g/mol. The van der Waals surface area contributed by atoms with E-state index in [1.807, 2.05) is 46.1 Å². The SMILES string of the molecule is O=C(O)C(F)(F)F.O=C(c1ccsc1)N1CCOCC2(CCN(c3ccccn3)C2)C1. The van der Waals surface area contributed by atoms with E-state index in [2.05, 4.69) is 9.88 Å². The van der Waals surface area contributed by atoms with E-state index in [4.69, 9.17) is 14.6 Å². The topological polar surface area (TPSA) is 83.0 Å². The molecule has 2 fully saturated rings. The van der Waals surface area contributed by atoms with Crippen molar-refractivity contribution >= 4 is 29.0 Å². The van der Waals surface area contributed by atoms with Crippen LogP contribution < -0.4 is 4.90 Å². The van der Waals surface area contributed by atoms with E-state index in [-0.39, 0.29) is 11.3 Å². The Morgan fingerprint density at radius 1 is 1.19 bits per heavy atom. The van der Waals surface area contributed by atoms with Crippen molar-refractivity contribution in [1.82, 2.24) is 9.88 Å². The molecule has 2 aliphatic heterocycles. The lowest BCUT2D eigenvalue weighted by Gasteiger charge is -2.32. The average Bonchev–Trinajstić information content (AvgIpc) is 3.36. The van der Waals surface area contributed by atoms with Crippen LogP contribution in [0.1, 0.15) is 16.8 Å². The maximum Gasteiger partial charge on any atom is 0.490 e. The molecule has 0 aromatic carbocycles. The zero-order chi connectivity index (χ0) is 22.5. The van der Waals surface area contributed by atoms with Crippen LogP contribution in [0.4, 0.5) is 19.0 Å². The van der Waals surface area contributed by atoms with Gasteiger partial charge in [-0.05, 0) is 30.0 Å². The molecule has 168 valence electrons. The van der Waals surface area contributed by atoms with Crippen molar-refractivity contribution in [1.29, 1.82) is 0 Å². The molecule has 2 saturated heterocycles. The normalized spacial score (nSPS) is 21.4. The Kier molecular flexibility index (Phi) is 7.16. The summed E-state index contributed by atoms with van der Waals surface area (Å²) < 4.78 is 37.6. The van der Waals surface area contributed by atoms with E-state index in [0.717, 1.165) is 37.4 Å². The van der Waals surface area contributed by atoms with Gasteiger partial charge in [0.05, 0.1) is 18.8 Å². The lowest BCUT2D eigenvalue weighted by molar-refractivity contribution is -0.192. The Morgan fingerprint density at radius 3 is 2.58 bits per heavy atom. The van der Waals surface area contributed by atoms with Gasteiger partial charge < -0.3 is 19.6 Å². The van der Waals surface area contributed by atoms with Gasteiger partial charge in [-0.3, -0.25) is 4.79 Å². The second kappa shape index (κ2) is 9.65. The van der Waals surface area contributed by atoms with Crippen LogP contribution in [0.3, 0.4) is 0 Å². The van der Waals surface area contributed by atoms with Crippen LogP contribution in [-0.4, -0.2) is 72.4 Å². The Morgan fingerprint density at radius 2 is 1.97 bits per heavy atom. The molecule has 1 spiro atoms. The lowest BCUT2D eigenvalue weighted by Crippen LogP contribution is -2.43. The molecule has 1 unspecified atom stereocenters. The minimum Gasteiger partial charge on any atom is -0.475 e. The molecule has 1 N–H and O–H groups in total. The number of aliphatic carboxylic acids is 1. The van der Waals surface area contributed by atoms with Gasteiger partial charge in [0.1, 0.15) is 5.82 Å². The number of aromatic nitrogens is 1. The van der Waals surface area contributed by atoms with Crippen LogP contribution >= 0.6 is 11.3 Å². The summed E-state index contributed by atoms with van der Waals surface area (Å²) in [4.78, 5) is 30.4. The van der Waals surface area contributed by atoms with Crippen molar-refractivity contribution in [3.05, 3.63) is 46.8 Å². The molecule has 4 heterocycles. The second-order valence-electron chi connectivity index (χ2n) is 7.45. The number of nitrogens with zero attached hydrogens (tertiary/aromatic N) is 3. The summed E-state index contributed by atoms with van der Waals surface area (Å²) >= 11 is 1.56. The van der Waals surface area contributed by atoms with Crippen molar-refractivity contribution < 1.29 is 32.6 Å². The molecule has 2 aliphatic rings. The fourth-order valence-electron chi connectivity index (χ4n) is 3.65. The predicted octanol–water partition coefficient (Wildman–Crippen LogP) is 3.15. The molecule has 31 heavy (non-hydrogen) atoms. The fraction of sp³-hybridized carbons (Fsp3) is 0.450. The van der Waals surface area contributed by atoms with Crippen LogP contribution in [-0.2, 0) is 9.53 Å². The first-order chi connectivity index (χ1) is 14.7. The number of hydrogen-bond acceptors (Lipinski definition) is 6. The van der Waals surface area contributed by atoms with Gasteiger partial charge in [-0.15, -0.1) is 0 Å². The van der Waals surface area contributed by atoms with E-state index in [0.29, 0.717) is 19.8 Å². The van der Waals surface area contributed by atoms with Crippen molar-refractivity contribution in [2.24, 2.45) is 5.41 Å². The molecule has 0 radical (unpaired) electrons. The molecule has 11 heteroatoms. The fourth-order valence-corrected chi connectivity index (χ4v) is 4.28. The maximum absolute atomic E-state index is 12.8. The average molecular weight is 457 g/mol. The third-order valence-corrected chi connectivity index (χ3v) is 5.83. The van der Waals surface area contributed by atoms with Crippen LogP contribution in [0.25, 0.3) is 0 Å². The van der Waals surface area contributed by atoms with Crippen molar-refractivity contribution in [2.45, 2.75) is 12.6 Å². The number of anilines is 1. The molecule has 4 rings (SSSR count). The monoisotopic (exact) mass is 457 g/mol. The van der Waals surface area contributed by atoms with Gasteiger partial charge in [-0.1, -0.05) is 6.07 Å². The molecule has 1 atom stereocenters. The van der Waals surface area contributed by atoms with Gasteiger partial charge in [-0.25, -0.2) is 9.78 Å². The molecule has 0 bridgehead atoms. The molecule has 0 aliphatic carbocycles. The van der Waals surface area contributed by atoms with Crippen LogP contribution in [0.5, 0.6) is 0 Å². The summed E-state index contributed by atoms with van der Waals surface area (Å²) in [6.07, 6.45) is -2.23. The standard InChI is InChI=1S/C18H21N3O2S.C2HF3O2/c22-17(15-4-10-24-11-15)21-8-9-23-14-18(13-21)5-7-20(12-18)16-3-1-2-6-19-16;3-2(4,5)1(6)7/h1-4,6,10-11H,5,7-9,12-14H2;(H,6,7). The highest BCUT2D eigenvalue weighted by atomic mass is 32.1. The zero-order valence-electron chi connectivity index (χ0n) is 16.5. The molecular formula is C20H22F3N3O4S. The number of thiophene rings is 1. The summed E-state index contributed by atoms with van der Waals surface area (Å²) in [5.41, 5.74) is 0.788. The smallest absolute Gasteiger partial charge is 0.475 e. The lowest BCUT2D eigenvalue weighted by atomic mass is 9.87. The summed E-state index contributed by atoms with van der Waals surface area (Å²) in [6, 6.07) is 7.90. The summed E-state index contributed by atoms with van der Waals surface area (Å²) in [5.74, 6) is -1.63. The molecule has 2 aromatic rings. The summed E-state index contributed by atoms with van der Waals surface area (Å²) in [5, 5.41) is 11.0. The van der Waals surface area contributed by atoms with Crippen molar-refractivity contribution in [3.8, 4) is 0 Å². The van der Waals surface area contributed by atoms with Gasteiger partial charge >= 0.3 is 12.1 Å². The van der Waals surface area contributed by atoms with E-state index < -0.39 is 12.1 Å². The van der Waals surface area contributed by atoms with Gasteiger partial charge in [0, 0.05) is 43.2 Å². The first kappa shape index (κ1) is 23.0. The Bertz CT molecular complexity index is 880. The number of carbonyl (C=O) groups excluding carboxylic acids is 1. The van der Waals surface area contributed by atoms with E-state index in [1.54, 1.807) is 11.3 Å². The number of carboxylic acid groups (broad SMARTS) is 1. The van der Waals surface area contributed by atoms with Crippen LogP contribution in [0.2, 0.25) is 0 Å². The predicted molar refractivity (Wildman–Crippen MR) is 108 cm³/mol. The number of halogens is 3. The maximum atomic E-state index is 12.8. The highest BCUT2D eigenvalue weighted by Crippen LogP contribution is 2.35. The summed E-state index contributed by atoms with van der Waals surface area (Å²) in [7, 11) is 0. The highest BCUT2D eigenvalue weighted by molar-refractivity contribution is 7.08. The van der Waals surface area contributed by atoms with E-state index in [9.17, 15) is 18.0 Å². The molecule has 7 nitrogen and oxygen atoms in total. The van der Waals surface area contributed by atoms with Crippen LogP contribution in [0, 0.1) is 5.41 Å². The third-order valence-electron chi connectivity index (χ3n) is 5.15. The second-order valence-corrected chi connectivity index (χ2v) is 8.23. The molecule has 1 amide bonds. The van der Waals surface area contributed by atoms with E-state index >= 15 is 0 Å². The number of ether oxygens (including phenoxy) is 1. The molecule has 2 aromatic heterocycles. The largest absolute Gasteiger partial charge is 0.490 e. The number of rotatable bonds is 2. The minimum atomic E-state index is -5.08. The van der Waals surface area contributed by atoms with E-state index in [1.165, 1.54) is 0 Å². The number of carbonyl (C=O) groups is 2.